The van der Waals surface area contributed by atoms with E-state index < -0.39 is 20.5 Å². The normalized spacial score (nSPS) is 14.9. The van der Waals surface area contributed by atoms with Crippen LogP contribution in [-0.2, 0) is 13.8 Å². The van der Waals surface area contributed by atoms with Crippen LogP contribution >= 0.6 is 7.82 Å². The highest BCUT2D eigenvalue weighted by atomic mass is 31.2. The SMILES string of the molecule is CCCCCCCCCCCCCCCCCCOC[C@@H](O)COP(=O)([O-])O. The van der Waals surface area contributed by atoms with Crippen LogP contribution in [0.5, 0.6) is 0 Å². The average Bonchev–Trinajstić information content (AvgIpc) is 2.65. The van der Waals surface area contributed by atoms with Crippen molar-refractivity contribution in [1.29, 1.82) is 0 Å². The first kappa shape index (κ1) is 28.0. The van der Waals surface area contributed by atoms with Gasteiger partial charge in [0.1, 0.15) is 6.10 Å². The van der Waals surface area contributed by atoms with Crippen molar-refractivity contribution in [1.82, 2.24) is 0 Å². The Kier molecular flexibility index (Phi) is 20.3. The molecule has 170 valence electrons. The molecule has 0 heterocycles. The van der Waals surface area contributed by atoms with Crippen LogP contribution in [0.3, 0.4) is 0 Å². The molecular weight excluding hydrogens is 379 g/mol. The molecule has 0 fully saturated rings. The summed E-state index contributed by atoms with van der Waals surface area (Å²) in [7, 11) is -4.76. The summed E-state index contributed by atoms with van der Waals surface area (Å²) in [4.78, 5) is 18.8. The molecule has 0 aliphatic rings. The van der Waals surface area contributed by atoms with Crippen LogP contribution < -0.4 is 4.89 Å². The molecule has 7 heteroatoms. The number of phosphoric acid groups is 1. The molecule has 0 saturated heterocycles. The Hall–Kier alpha value is 0.0300. The van der Waals surface area contributed by atoms with Gasteiger partial charge in [0.15, 0.2) is 0 Å². The highest BCUT2D eigenvalue weighted by molar-refractivity contribution is 7.44. The van der Waals surface area contributed by atoms with Crippen LogP contribution in [0.25, 0.3) is 0 Å². The van der Waals surface area contributed by atoms with Gasteiger partial charge >= 0.3 is 0 Å². The fraction of sp³-hybridized carbons (Fsp3) is 1.00. The summed E-state index contributed by atoms with van der Waals surface area (Å²) in [5.74, 6) is 0. The second-order valence-corrected chi connectivity index (χ2v) is 8.99. The molecule has 6 nitrogen and oxygen atoms in total. The smallest absolute Gasteiger partial charge is 0.265 e. The van der Waals surface area contributed by atoms with Crippen molar-refractivity contribution in [2.45, 2.75) is 116 Å². The number of rotatable bonds is 22. The number of hydrogen-bond acceptors (Lipinski definition) is 5. The minimum atomic E-state index is -4.76. The van der Waals surface area contributed by atoms with Crippen molar-refractivity contribution < 1.29 is 28.7 Å². The summed E-state index contributed by atoms with van der Waals surface area (Å²) in [5, 5.41) is 9.43. The third kappa shape index (κ3) is 24.1. The zero-order chi connectivity index (χ0) is 20.9. The number of hydrogen-bond donors (Lipinski definition) is 2. The van der Waals surface area contributed by atoms with Gasteiger partial charge in [-0.1, -0.05) is 103 Å². The van der Waals surface area contributed by atoms with E-state index in [1.165, 1.54) is 89.9 Å². The molecule has 2 N–H and O–H groups in total. The Labute approximate surface area is 172 Å². The van der Waals surface area contributed by atoms with E-state index in [4.69, 9.17) is 9.63 Å². The second kappa shape index (κ2) is 20.3. The van der Waals surface area contributed by atoms with E-state index >= 15 is 0 Å². The predicted molar refractivity (Wildman–Crippen MR) is 112 cm³/mol. The first-order valence-corrected chi connectivity index (χ1v) is 12.9. The lowest BCUT2D eigenvalue weighted by Gasteiger charge is -2.18. The van der Waals surface area contributed by atoms with Crippen LogP contribution in [0.15, 0.2) is 0 Å². The molecule has 0 aliphatic heterocycles. The lowest BCUT2D eigenvalue weighted by molar-refractivity contribution is -0.222. The van der Waals surface area contributed by atoms with Gasteiger partial charge in [-0.25, -0.2) is 0 Å². The van der Waals surface area contributed by atoms with Crippen LogP contribution in [0.4, 0.5) is 0 Å². The Morgan fingerprint density at radius 2 is 1.14 bits per heavy atom. The van der Waals surface area contributed by atoms with Gasteiger partial charge in [0, 0.05) is 6.61 Å². The molecule has 0 aliphatic carbocycles. The largest absolute Gasteiger partial charge is 0.756 e. The Morgan fingerprint density at radius 3 is 1.54 bits per heavy atom. The fourth-order valence-corrected chi connectivity index (χ4v) is 3.56. The number of aliphatic hydroxyl groups excluding tert-OH is 1. The zero-order valence-electron chi connectivity index (χ0n) is 18.0. The number of ether oxygens (including phenoxy) is 1. The minimum Gasteiger partial charge on any atom is -0.756 e. The first-order chi connectivity index (χ1) is 13.5. The third-order valence-corrected chi connectivity index (χ3v) is 5.36. The third-order valence-electron chi connectivity index (χ3n) is 4.88. The molecule has 0 rings (SSSR count). The summed E-state index contributed by atoms with van der Waals surface area (Å²) >= 11 is 0. The van der Waals surface area contributed by atoms with Gasteiger partial charge in [-0.15, -0.1) is 0 Å². The van der Waals surface area contributed by atoms with Crippen LogP contribution in [0, 0.1) is 0 Å². The second-order valence-electron chi connectivity index (χ2n) is 7.80. The maximum atomic E-state index is 10.4. The van der Waals surface area contributed by atoms with Crippen molar-refractivity contribution in [3.8, 4) is 0 Å². The molecule has 28 heavy (non-hydrogen) atoms. The van der Waals surface area contributed by atoms with E-state index in [0.29, 0.717) is 6.61 Å². The molecule has 0 saturated carbocycles. The highest BCUT2D eigenvalue weighted by Crippen LogP contribution is 2.30. The minimum absolute atomic E-state index is 0.0126. The molecule has 0 bridgehead atoms. The Morgan fingerprint density at radius 1 is 0.750 bits per heavy atom. The van der Waals surface area contributed by atoms with E-state index in [1.807, 2.05) is 0 Å². The maximum absolute atomic E-state index is 10.4. The molecule has 0 aromatic rings. The molecule has 0 amide bonds. The lowest BCUT2D eigenvalue weighted by Crippen LogP contribution is -2.22. The highest BCUT2D eigenvalue weighted by Gasteiger charge is 2.09. The number of aliphatic hydroxyl groups is 1. The van der Waals surface area contributed by atoms with Gasteiger partial charge < -0.3 is 24.2 Å². The monoisotopic (exact) mass is 423 g/mol. The van der Waals surface area contributed by atoms with Crippen LogP contribution in [0.1, 0.15) is 110 Å². The van der Waals surface area contributed by atoms with Crippen LogP contribution in [-0.4, -0.2) is 35.9 Å². The van der Waals surface area contributed by atoms with Crippen LogP contribution in [0.2, 0.25) is 0 Å². The van der Waals surface area contributed by atoms with E-state index in [0.717, 1.165) is 12.8 Å². The topological polar surface area (TPSA) is 99.0 Å². The van der Waals surface area contributed by atoms with E-state index in [2.05, 4.69) is 11.4 Å². The van der Waals surface area contributed by atoms with E-state index in [9.17, 15) is 14.6 Å². The van der Waals surface area contributed by atoms with Crippen molar-refractivity contribution in [2.24, 2.45) is 0 Å². The van der Waals surface area contributed by atoms with Crippen molar-refractivity contribution >= 4 is 7.82 Å². The summed E-state index contributed by atoms with van der Waals surface area (Å²) in [6.07, 6.45) is 20.1. The molecule has 0 aromatic carbocycles. The molecule has 1 unspecified atom stereocenters. The molecular formula is C21H44O6P-. The van der Waals surface area contributed by atoms with Gasteiger partial charge in [0.2, 0.25) is 0 Å². The Bertz CT molecular complexity index is 361. The van der Waals surface area contributed by atoms with Crippen molar-refractivity contribution in [3.63, 3.8) is 0 Å². The molecule has 0 aromatic heterocycles. The van der Waals surface area contributed by atoms with Gasteiger partial charge in [0.05, 0.1) is 13.2 Å². The van der Waals surface area contributed by atoms with Gasteiger partial charge in [0.25, 0.3) is 7.82 Å². The summed E-state index contributed by atoms with van der Waals surface area (Å²) in [6, 6.07) is 0. The first-order valence-electron chi connectivity index (χ1n) is 11.4. The lowest BCUT2D eigenvalue weighted by atomic mass is 10.0. The van der Waals surface area contributed by atoms with E-state index in [-0.39, 0.29) is 6.61 Å². The van der Waals surface area contributed by atoms with Crippen molar-refractivity contribution in [2.75, 3.05) is 19.8 Å². The quantitative estimate of drug-likeness (QED) is 0.186. The molecule has 0 radical (unpaired) electrons. The van der Waals surface area contributed by atoms with Gasteiger partial charge in [-0.3, -0.25) is 4.57 Å². The fourth-order valence-electron chi connectivity index (χ4n) is 3.20. The summed E-state index contributed by atoms with van der Waals surface area (Å²) in [6.45, 7) is 2.35. The Balaban J connectivity index is 3.13. The maximum Gasteiger partial charge on any atom is 0.265 e. The molecule has 2 atom stereocenters. The van der Waals surface area contributed by atoms with E-state index in [1.54, 1.807) is 0 Å². The standard InChI is InChI=1S/C21H45O6P/c1-2-3-4-5-6-7-8-9-10-11-12-13-14-15-16-17-18-26-19-21(22)20-27-28(23,24)25/h21-22H,2-20H2,1H3,(H2,23,24,25)/p-1/t21-/m1/s1. The van der Waals surface area contributed by atoms with Gasteiger partial charge in [-0.2, -0.15) is 0 Å². The molecule has 0 spiro atoms. The average molecular weight is 424 g/mol. The summed E-state index contributed by atoms with van der Waals surface area (Å²) in [5.41, 5.74) is 0. The number of unbranched alkanes of at least 4 members (excludes halogenated alkanes) is 15. The van der Waals surface area contributed by atoms with Crippen molar-refractivity contribution in [3.05, 3.63) is 0 Å². The summed E-state index contributed by atoms with van der Waals surface area (Å²) < 4.78 is 19.8. The zero-order valence-corrected chi connectivity index (χ0v) is 18.9. The predicted octanol–water partition coefficient (Wildman–Crippen LogP) is 5.10. The van der Waals surface area contributed by atoms with Gasteiger partial charge in [-0.05, 0) is 6.42 Å². The number of phosphoric ester groups is 1.